The number of amides is 2. The zero-order valence-electron chi connectivity index (χ0n) is 18.5. The number of urea groups is 1. The summed E-state index contributed by atoms with van der Waals surface area (Å²) in [7, 11) is -3.47. The van der Waals surface area contributed by atoms with Crippen LogP contribution in [0, 0.1) is 11.3 Å². The van der Waals surface area contributed by atoms with Gasteiger partial charge < -0.3 is 10.2 Å². The molecule has 0 aliphatic carbocycles. The second-order valence-corrected chi connectivity index (χ2v) is 10.9. The number of rotatable bonds is 8. The van der Waals surface area contributed by atoms with Crippen molar-refractivity contribution in [3.05, 3.63) is 52.4 Å². The van der Waals surface area contributed by atoms with Gasteiger partial charge in [0.15, 0.2) is 0 Å². The Balaban J connectivity index is 1.46. The quantitative estimate of drug-likeness (QED) is 0.633. The van der Waals surface area contributed by atoms with Gasteiger partial charge in [-0.2, -0.15) is 9.57 Å². The summed E-state index contributed by atoms with van der Waals surface area (Å²) in [6, 6.07) is 12.9. The van der Waals surface area contributed by atoms with E-state index < -0.39 is 10.0 Å². The van der Waals surface area contributed by atoms with Gasteiger partial charge in [0.1, 0.15) is 4.21 Å². The van der Waals surface area contributed by atoms with Crippen LogP contribution in [0.3, 0.4) is 0 Å². The molecular weight excluding hydrogens is 446 g/mol. The van der Waals surface area contributed by atoms with Crippen LogP contribution in [0.4, 0.5) is 4.79 Å². The number of benzene rings is 1. The maximum atomic E-state index is 12.6. The zero-order chi connectivity index (χ0) is 23.1. The number of sulfonamides is 1. The van der Waals surface area contributed by atoms with Crippen LogP contribution in [0.15, 0.2) is 40.6 Å². The standard InChI is InChI=1S/C22H29N5O3S2/c1-3-27(4-2)32(29,30)21-10-9-20(31-21)16-24-22(28)26-13-11-25(12-14-26)17-19-7-5-18(15-23)6-8-19/h5-10H,3-4,11-14,16-17H2,1-2H3,(H,24,28). The molecule has 0 radical (unpaired) electrons. The van der Waals surface area contributed by atoms with Crippen LogP contribution < -0.4 is 5.32 Å². The van der Waals surface area contributed by atoms with Crippen molar-refractivity contribution in [3.8, 4) is 6.07 Å². The molecule has 10 heteroatoms. The maximum absolute atomic E-state index is 12.6. The minimum absolute atomic E-state index is 0.135. The van der Waals surface area contributed by atoms with Gasteiger partial charge in [-0.05, 0) is 29.8 Å². The van der Waals surface area contributed by atoms with E-state index in [1.54, 1.807) is 17.0 Å². The largest absolute Gasteiger partial charge is 0.333 e. The monoisotopic (exact) mass is 475 g/mol. The van der Waals surface area contributed by atoms with E-state index in [4.69, 9.17) is 5.26 Å². The summed E-state index contributed by atoms with van der Waals surface area (Å²) in [4.78, 5) is 17.4. The van der Waals surface area contributed by atoms with Gasteiger partial charge in [0.25, 0.3) is 10.0 Å². The fourth-order valence-electron chi connectivity index (χ4n) is 3.61. The normalized spacial score (nSPS) is 15.0. The molecule has 1 fully saturated rings. The smallest absolute Gasteiger partial charge is 0.317 e. The van der Waals surface area contributed by atoms with Crippen LogP contribution in [-0.2, 0) is 23.1 Å². The molecule has 0 spiro atoms. The number of hydrogen-bond donors (Lipinski definition) is 1. The van der Waals surface area contributed by atoms with Crippen molar-refractivity contribution in [3.63, 3.8) is 0 Å². The molecule has 2 aromatic rings. The molecule has 32 heavy (non-hydrogen) atoms. The number of carbonyl (C=O) groups is 1. The lowest BCUT2D eigenvalue weighted by molar-refractivity contribution is 0.135. The van der Waals surface area contributed by atoms with Gasteiger partial charge in [-0.25, -0.2) is 13.2 Å². The number of nitriles is 1. The summed E-state index contributed by atoms with van der Waals surface area (Å²) >= 11 is 1.20. The minimum atomic E-state index is -3.47. The van der Waals surface area contributed by atoms with Crippen molar-refractivity contribution < 1.29 is 13.2 Å². The molecule has 2 heterocycles. The molecule has 3 rings (SSSR count). The van der Waals surface area contributed by atoms with Gasteiger partial charge >= 0.3 is 6.03 Å². The van der Waals surface area contributed by atoms with E-state index in [0.29, 0.717) is 42.5 Å². The summed E-state index contributed by atoms with van der Waals surface area (Å²) in [5, 5.41) is 11.8. The second-order valence-electron chi connectivity index (χ2n) is 7.54. The average Bonchev–Trinajstić information content (AvgIpc) is 3.29. The molecule has 1 N–H and O–H groups in total. The molecule has 1 aromatic heterocycles. The van der Waals surface area contributed by atoms with E-state index in [1.807, 2.05) is 38.1 Å². The highest BCUT2D eigenvalue weighted by Gasteiger charge is 2.24. The highest BCUT2D eigenvalue weighted by molar-refractivity contribution is 7.91. The van der Waals surface area contributed by atoms with Gasteiger partial charge in [0.2, 0.25) is 0 Å². The third-order valence-corrected chi connectivity index (χ3v) is 9.10. The summed E-state index contributed by atoms with van der Waals surface area (Å²) in [6.07, 6.45) is 0. The zero-order valence-corrected chi connectivity index (χ0v) is 20.1. The van der Waals surface area contributed by atoms with Crippen LogP contribution in [0.2, 0.25) is 0 Å². The van der Waals surface area contributed by atoms with Crippen molar-refractivity contribution in [1.82, 2.24) is 19.4 Å². The lowest BCUT2D eigenvalue weighted by Crippen LogP contribution is -2.51. The molecule has 172 valence electrons. The van der Waals surface area contributed by atoms with Crippen LogP contribution in [0.25, 0.3) is 0 Å². The number of carbonyl (C=O) groups excluding carboxylic acids is 1. The van der Waals surface area contributed by atoms with Crippen molar-refractivity contribution >= 4 is 27.4 Å². The third kappa shape index (κ3) is 5.86. The van der Waals surface area contributed by atoms with E-state index in [0.717, 1.165) is 30.1 Å². The van der Waals surface area contributed by atoms with Gasteiger partial charge in [-0.1, -0.05) is 26.0 Å². The van der Waals surface area contributed by atoms with Crippen molar-refractivity contribution in [1.29, 1.82) is 5.26 Å². The van der Waals surface area contributed by atoms with E-state index in [-0.39, 0.29) is 6.03 Å². The van der Waals surface area contributed by atoms with E-state index in [2.05, 4.69) is 16.3 Å². The predicted molar refractivity (Wildman–Crippen MR) is 125 cm³/mol. The van der Waals surface area contributed by atoms with Crippen LogP contribution in [0.5, 0.6) is 0 Å². The molecule has 1 aliphatic heterocycles. The fraction of sp³-hybridized carbons (Fsp3) is 0.455. The van der Waals surface area contributed by atoms with Gasteiger partial charge in [-0.3, -0.25) is 4.90 Å². The SMILES string of the molecule is CCN(CC)S(=O)(=O)c1ccc(CNC(=O)N2CCN(Cc3ccc(C#N)cc3)CC2)s1. The predicted octanol–water partition coefficient (Wildman–Crippen LogP) is 2.68. The Morgan fingerprint density at radius 3 is 2.34 bits per heavy atom. The van der Waals surface area contributed by atoms with Crippen LogP contribution >= 0.6 is 11.3 Å². The Morgan fingerprint density at radius 2 is 1.75 bits per heavy atom. The summed E-state index contributed by atoms with van der Waals surface area (Å²) in [5.74, 6) is 0. The van der Waals surface area contributed by atoms with Crippen LogP contribution in [0.1, 0.15) is 29.9 Å². The number of piperazine rings is 1. The Labute approximate surface area is 194 Å². The van der Waals surface area contributed by atoms with Crippen molar-refractivity contribution in [2.45, 2.75) is 31.1 Å². The summed E-state index contributed by atoms with van der Waals surface area (Å²) < 4.78 is 27.0. The molecule has 1 saturated heterocycles. The van der Waals surface area contributed by atoms with Gasteiger partial charge in [0.05, 0.1) is 18.2 Å². The molecule has 1 aliphatic rings. The van der Waals surface area contributed by atoms with Gasteiger partial charge in [0, 0.05) is 50.7 Å². The molecule has 0 atom stereocenters. The number of nitrogens with one attached hydrogen (secondary N) is 1. The van der Waals surface area contributed by atoms with E-state index in [1.165, 1.54) is 15.6 Å². The molecule has 0 bridgehead atoms. The van der Waals surface area contributed by atoms with Gasteiger partial charge in [-0.15, -0.1) is 11.3 Å². The molecular formula is C22H29N5O3S2. The third-order valence-electron chi connectivity index (χ3n) is 5.50. The Morgan fingerprint density at radius 1 is 1.09 bits per heavy atom. The number of hydrogen-bond acceptors (Lipinski definition) is 6. The second kappa shape index (κ2) is 10.9. The highest BCUT2D eigenvalue weighted by atomic mass is 32.2. The minimum Gasteiger partial charge on any atom is -0.333 e. The average molecular weight is 476 g/mol. The topological polar surface area (TPSA) is 96.8 Å². The first-order valence-corrected chi connectivity index (χ1v) is 13.0. The lowest BCUT2D eigenvalue weighted by Gasteiger charge is -2.34. The summed E-state index contributed by atoms with van der Waals surface area (Å²) in [5.41, 5.74) is 1.80. The Bertz CT molecular complexity index is 1050. The van der Waals surface area contributed by atoms with Crippen molar-refractivity contribution in [2.75, 3.05) is 39.3 Å². The highest BCUT2D eigenvalue weighted by Crippen LogP contribution is 2.25. The molecule has 2 amide bonds. The fourth-order valence-corrected chi connectivity index (χ4v) is 6.52. The number of nitrogens with zero attached hydrogens (tertiary/aromatic N) is 4. The lowest BCUT2D eigenvalue weighted by atomic mass is 10.1. The first-order valence-electron chi connectivity index (χ1n) is 10.7. The van der Waals surface area contributed by atoms with E-state index >= 15 is 0 Å². The Kier molecular flexibility index (Phi) is 8.26. The molecule has 0 unspecified atom stereocenters. The number of thiophene rings is 1. The molecule has 1 aromatic carbocycles. The summed E-state index contributed by atoms with van der Waals surface area (Å²) in [6.45, 7) is 8.42. The van der Waals surface area contributed by atoms with E-state index in [9.17, 15) is 13.2 Å². The molecule has 8 nitrogen and oxygen atoms in total. The molecule has 0 saturated carbocycles. The first kappa shape index (κ1) is 24.2. The van der Waals surface area contributed by atoms with Crippen molar-refractivity contribution in [2.24, 2.45) is 0 Å². The first-order chi connectivity index (χ1) is 15.4. The Hall–Kier alpha value is -2.45. The maximum Gasteiger partial charge on any atom is 0.317 e. The van der Waals surface area contributed by atoms with Crippen LogP contribution in [-0.4, -0.2) is 67.8 Å².